The molecule has 0 saturated carbocycles. The van der Waals surface area contributed by atoms with Crippen LogP contribution in [0.25, 0.3) is 22.4 Å². The Labute approximate surface area is 160 Å². The number of halogens is 3. The van der Waals surface area contributed by atoms with Crippen molar-refractivity contribution in [2.45, 2.75) is 0 Å². The Hall–Kier alpha value is -1.92. The van der Waals surface area contributed by atoms with Gasteiger partial charge in [0.2, 0.25) is 4.96 Å². The maximum absolute atomic E-state index is 12.8. The number of benzene rings is 2. The summed E-state index contributed by atoms with van der Waals surface area (Å²) in [5, 5.41) is 9.69. The lowest BCUT2D eigenvalue weighted by Gasteiger charge is -1.97. The summed E-state index contributed by atoms with van der Waals surface area (Å²) in [5.74, 6) is 0.465. The smallest absolute Gasteiger partial charge is 0.267 e. The third kappa shape index (κ3) is 3.04. The topological polar surface area (TPSA) is 47.3 Å². The van der Waals surface area contributed by atoms with E-state index in [2.05, 4.69) is 10.2 Å². The molecule has 0 aliphatic rings. The van der Waals surface area contributed by atoms with Gasteiger partial charge in [-0.05, 0) is 35.9 Å². The molecule has 2 heterocycles. The second-order valence-electron chi connectivity index (χ2n) is 5.24. The van der Waals surface area contributed by atoms with Gasteiger partial charge in [0.25, 0.3) is 5.56 Å². The number of hydrogen-bond acceptors (Lipinski definition) is 4. The molecule has 4 rings (SSSR count). The fraction of sp³-hybridized carbons (Fsp3) is 0. The summed E-state index contributed by atoms with van der Waals surface area (Å²) >= 11 is 19.2. The fourth-order valence-corrected chi connectivity index (χ4v) is 3.84. The quantitative estimate of drug-likeness (QED) is 0.496. The first-order chi connectivity index (χ1) is 12.0. The van der Waals surface area contributed by atoms with Gasteiger partial charge in [0.15, 0.2) is 5.82 Å². The van der Waals surface area contributed by atoms with E-state index in [1.54, 1.807) is 42.5 Å². The van der Waals surface area contributed by atoms with Crippen molar-refractivity contribution in [2.24, 2.45) is 0 Å². The molecule has 25 heavy (non-hydrogen) atoms. The van der Waals surface area contributed by atoms with E-state index in [9.17, 15) is 4.79 Å². The maximum Gasteiger partial charge on any atom is 0.276 e. The first-order valence-corrected chi connectivity index (χ1v) is 9.08. The Morgan fingerprint density at radius 1 is 1.00 bits per heavy atom. The van der Waals surface area contributed by atoms with Crippen LogP contribution in [0.2, 0.25) is 15.1 Å². The number of thiazole rings is 1. The highest BCUT2D eigenvalue weighted by atomic mass is 35.5. The number of nitrogens with zero attached hydrogens (tertiary/aromatic N) is 3. The van der Waals surface area contributed by atoms with Crippen molar-refractivity contribution in [2.75, 3.05) is 0 Å². The Morgan fingerprint density at radius 2 is 1.84 bits per heavy atom. The third-order valence-electron chi connectivity index (χ3n) is 3.57. The lowest BCUT2D eigenvalue weighted by molar-refractivity contribution is 1.09. The van der Waals surface area contributed by atoms with Crippen LogP contribution in [0.3, 0.4) is 0 Å². The van der Waals surface area contributed by atoms with Gasteiger partial charge in [-0.15, -0.1) is 10.2 Å². The predicted octanol–water partition coefficient (Wildman–Crippen LogP) is 4.33. The minimum absolute atomic E-state index is 0.189. The summed E-state index contributed by atoms with van der Waals surface area (Å²) < 4.78 is 2.02. The van der Waals surface area contributed by atoms with Crippen molar-refractivity contribution in [3.8, 4) is 11.4 Å². The van der Waals surface area contributed by atoms with E-state index in [1.807, 2.05) is 6.07 Å². The van der Waals surface area contributed by atoms with Gasteiger partial charge in [0.1, 0.15) is 0 Å². The van der Waals surface area contributed by atoms with Gasteiger partial charge in [0, 0.05) is 10.6 Å². The van der Waals surface area contributed by atoms with Gasteiger partial charge < -0.3 is 0 Å². The summed E-state index contributed by atoms with van der Waals surface area (Å²) in [7, 11) is 0. The molecule has 8 heteroatoms. The van der Waals surface area contributed by atoms with Crippen molar-refractivity contribution in [3.05, 3.63) is 78.0 Å². The van der Waals surface area contributed by atoms with E-state index in [4.69, 9.17) is 34.8 Å². The van der Waals surface area contributed by atoms with Crippen molar-refractivity contribution in [3.63, 3.8) is 0 Å². The Bertz CT molecular complexity index is 1220. The zero-order valence-electron chi connectivity index (χ0n) is 12.4. The van der Waals surface area contributed by atoms with E-state index < -0.39 is 0 Å². The first-order valence-electron chi connectivity index (χ1n) is 7.13. The van der Waals surface area contributed by atoms with Crippen molar-refractivity contribution < 1.29 is 0 Å². The molecule has 0 saturated heterocycles. The summed E-state index contributed by atoms with van der Waals surface area (Å²) in [4.78, 5) is 13.3. The van der Waals surface area contributed by atoms with Crippen LogP contribution in [-0.4, -0.2) is 14.6 Å². The van der Waals surface area contributed by atoms with Crippen LogP contribution < -0.4 is 10.1 Å². The number of fused-ring (bicyclic) bond motifs is 1. The number of rotatable bonds is 2. The van der Waals surface area contributed by atoms with E-state index in [1.165, 1.54) is 15.7 Å². The van der Waals surface area contributed by atoms with Gasteiger partial charge in [0.05, 0.1) is 14.6 Å². The van der Waals surface area contributed by atoms with Crippen LogP contribution in [0.5, 0.6) is 0 Å². The molecule has 0 atom stereocenters. The molecule has 4 aromatic rings. The Balaban J connectivity index is 1.91. The molecule has 2 aromatic carbocycles. The van der Waals surface area contributed by atoms with Gasteiger partial charge in [-0.1, -0.05) is 64.3 Å². The van der Waals surface area contributed by atoms with Crippen LogP contribution in [0.4, 0.5) is 0 Å². The average Bonchev–Trinajstić information content (AvgIpc) is 3.12. The third-order valence-corrected chi connectivity index (χ3v) is 5.51. The van der Waals surface area contributed by atoms with Crippen LogP contribution in [-0.2, 0) is 0 Å². The monoisotopic (exact) mass is 407 g/mol. The molecule has 0 unspecified atom stereocenters. The first kappa shape index (κ1) is 16.5. The predicted molar refractivity (Wildman–Crippen MR) is 103 cm³/mol. The highest BCUT2D eigenvalue weighted by Gasteiger charge is 2.14. The second-order valence-corrected chi connectivity index (χ2v) is 7.50. The largest absolute Gasteiger partial charge is 0.276 e. The molecule has 0 N–H and O–H groups in total. The standard InChI is InChI=1S/C17H8Cl3N3OS/c18-11-3-1-2-10(8-11)15-21-22-17-23(15)16(24)14(25-17)7-9-4-5-12(19)13(20)6-9/h1-8H/b14-7-. The second kappa shape index (κ2) is 6.42. The molecule has 124 valence electrons. The summed E-state index contributed by atoms with van der Waals surface area (Å²) in [6, 6.07) is 12.3. The fourth-order valence-electron chi connectivity index (χ4n) is 2.43. The minimum atomic E-state index is -0.189. The lowest BCUT2D eigenvalue weighted by Crippen LogP contribution is -2.23. The highest BCUT2D eigenvalue weighted by Crippen LogP contribution is 2.23. The Kier molecular flexibility index (Phi) is 4.25. The molecule has 4 nitrogen and oxygen atoms in total. The molecule has 0 radical (unpaired) electrons. The normalized spacial score (nSPS) is 12.2. The summed E-state index contributed by atoms with van der Waals surface area (Å²) in [6.45, 7) is 0. The molecule has 0 spiro atoms. The van der Waals surface area contributed by atoms with Crippen LogP contribution in [0.1, 0.15) is 5.56 Å². The van der Waals surface area contributed by atoms with Crippen LogP contribution in [0, 0.1) is 0 Å². The lowest BCUT2D eigenvalue weighted by atomic mass is 10.2. The number of aromatic nitrogens is 3. The highest BCUT2D eigenvalue weighted by molar-refractivity contribution is 7.15. The molecular formula is C17H8Cl3N3OS. The zero-order chi connectivity index (χ0) is 17.6. The van der Waals surface area contributed by atoms with Crippen LogP contribution in [0.15, 0.2) is 47.3 Å². The minimum Gasteiger partial charge on any atom is -0.267 e. The molecular weight excluding hydrogens is 401 g/mol. The van der Waals surface area contributed by atoms with Gasteiger partial charge >= 0.3 is 0 Å². The summed E-state index contributed by atoms with van der Waals surface area (Å²) in [5.41, 5.74) is 1.33. The van der Waals surface area contributed by atoms with Crippen molar-refractivity contribution >= 4 is 57.2 Å². The van der Waals surface area contributed by atoms with Gasteiger partial charge in [-0.2, -0.15) is 0 Å². The van der Waals surface area contributed by atoms with E-state index in [-0.39, 0.29) is 5.56 Å². The van der Waals surface area contributed by atoms with E-state index >= 15 is 0 Å². The van der Waals surface area contributed by atoms with Gasteiger partial charge in [-0.3, -0.25) is 4.79 Å². The average molecular weight is 409 g/mol. The molecule has 0 amide bonds. The molecule has 0 bridgehead atoms. The van der Waals surface area contributed by atoms with E-state index in [0.29, 0.717) is 30.4 Å². The molecule has 0 fully saturated rings. The number of hydrogen-bond donors (Lipinski definition) is 0. The zero-order valence-corrected chi connectivity index (χ0v) is 15.5. The van der Waals surface area contributed by atoms with Crippen molar-refractivity contribution in [1.29, 1.82) is 0 Å². The molecule has 0 aliphatic carbocycles. The van der Waals surface area contributed by atoms with Gasteiger partial charge in [-0.25, -0.2) is 4.40 Å². The van der Waals surface area contributed by atoms with E-state index in [0.717, 1.165) is 11.1 Å². The maximum atomic E-state index is 12.8. The van der Waals surface area contributed by atoms with Crippen molar-refractivity contribution in [1.82, 2.24) is 14.6 Å². The van der Waals surface area contributed by atoms with Crippen LogP contribution >= 0.6 is 46.1 Å². The SMILES string of the molecule is O=c1/c(=C/c2ccc(Cl)c(Cl)c2)sc2nnc(-c3cccc(Cl)c3)n12. The Morgan fingerprint density at radius 3 is 2.60 bits per heavy atom. The molecule has 0 aliphatic heterocycles. The molecule has 2 aromatic heterocycles. The summed E-state index contributed by atoms with van der Waals surface area (Å²) in [6.07, 6.45) is 1.76.